The molecule has 1 aliphatic heterocycles. The van der Waals surface area contributed by atoms with E-state index in [0.29, 0.717) is 13.0 Å². The Labute approximate surface area is 122 Å². The van der Waals surface area contributed by atoms with Gasteiger partial charge in [0.15, 0.2) is 0 Å². The molecule has 2 aromatic heterocycles. The molecule has 0 N–H and O–H groups in total. The minimum atomic E-state index is 0.101. The minimum absolute atomic E-state index is 0.101. The maximum atomic E-state index is 12.3. The van der Waals surface area contributed by atoms with Crippen molar-refractivity contribution < 1.29 is 4.79 Å². The number of nitrogens with zero attached hydrogens (tertiary/aromatic N) is 3. The van der Waals surface area contributed by atoms with Crippen molar-refractivity contribution in [1.29, 1.82) is 0 Å². The Balaban J connectivity index is 1.87. The fourth-order valence-corrected chi connectivity index (χ4v) is 3.76. The van der Waals surface area contributed by atoms with Crippen molar-refractivity contribution in [3.05, 3.63) is 54.1 Å². The Kier molecular flexibility index (Phi) is 3.78. The molecular formula is C15H17N3OS. The van der Waals surface area contributed by atoms with Crippen LogP contribution in [0.15, 0.2) is 42.9 Å². The SMILES string of the molecule is Cn1cccc1C1SCCC(=O)N1Cc1ccncc1. The monoisotopic (exact) mass is 287 g/mol. The first-order valence-electron chi connectivity index (χ1n) is 6.67. The Hall–Kier alpha value is -1.75. The highest BCUT2D eigenvalue weighted by molar-refractivity contribution is 7.99. The summed E-state index contributed by atoms with van der Waals surface area (Å²) in [6.45, 7) is 0.643. The Morgan fingerprint density at radius 3 is 2.85 bits per heavy atom. The van der Waals surface area contributed by atoms with Crippen LogP contribution >= 0.6 is 11.8 Å². The van der Waals surface area contributed by atoms with E-state index in [1.165, 1.54) is 5.69 Å². The summed E-state index contributed by atoms with van der Waals surface area (Å²) in [5, 5.41) is 0.101. The number of hydrogen-bond acceptors (Lipinski definition) is 3. The molecule has 2 aromatic rings. The topological polar surface area (TPSA) is 38.1 Å². The molecule has 0 saturated carbocycles. The fourth-order valence-electron chi connectivity index (χ4n) is 2.45. The van der Waals surface area contributed by atoms with Crippen molar-refractivity contribution in [3.63, 3.8) is 0 Å². The molecule has 104 valence electrons. The number of hydrogen-bond donors (Lipinski definition) is 0. The molecular weight excluding hydrogens is 270 g/mol. The first kappa shape index (κ1) is 13.2. The predicted molar refractivity (Wildman–Crippen MR) is 80.0 cm³/mol. The molecule has 20 heavy (non-hydrogen) atoms. The minimum Gasteiger partial charge on any atom is -0.352 e. The van der Waals surface area contributed by atoms with Crippen LogP contribution in [0, 0.1) is 0 Å². The molecule has 0 bridgehead atoms. The molecule has 0 spiro atoms. The predicted octanol–water partition coefficient (Wildman–Crippen LogP) is 2.58. The molecule has 0 aromatic carbocycles. The highest BCUT2D eigenvalue weighted by Gasteiger charge is 2.31. The van der Waals surface area contributed by atoms with E-state index in [1.54, 1.807) is 12.4 Å². The zero-order valence-corrected chi connectivity index (χ0v) is 12.2. The first-order valence-corrected chi connectivity index (χ1v) is 7.72. The summed E-state index contributed by atoms with van der Waals surface area (Å²) in [4.78, 5) is 18.3. The van der Waals surface area contributed by atoms with Crippen molar-refractivity contribution >= 4 is 17.7 Å². The van der Waals surface area contributed by atoms with Gasteiger partial charge in [0.05, 0.1) is 5.69 Å². The summed E-state index contributed by atoms with van der Waals surface area (Å²) in [6.07, 6.45) is 6.19. The van der Waals surface area contributed by atoms with Gasteiger partial charge in [-0.25, -0.2) is 0 Å². The molecule has 1 unspecified atom stereocenters. The third kappa shape index (κ3) is 2.58. The van der Waals surface area contributed by atoms with Crippen molar-refractivity contribution in [1.82, 2.24) is 14.5 Å². The largest absolute Gasteiger partial charge is 0.352 e. The number of carbonyl (C=O) groups is 1. The van der Waals surface area contributed by atoms with Gasteiger partial charge in [-0.15, -0.1) is 11.8 Å². The van der Waals surface area contributed by atoms with Gasteiger partial charge in [0, 0.05) is 44.4 Å². The lowest BCUT2D eigenvalue weighted by molar-refractivity contribution is -0.132. The Morgan fingerprint density at radius 1 is 1.35 bits per heavy atom. The van der Waals surface area contributed by atoms with Gasteiger partial charge < -0.3 is 9.47 Å². The van der Waals surface area contributed by atoms with Crippen LogP contribution in [0.3, 0.4) is 0 Å². The van der Waals surface area contributed by atoms with E-state index in [9.17, 15) is 4.79 Å². The van der Waals surface area contributed by atoms with Gasteiger partial charge in [-0.3, -0.25) is 9.78 Å². The van der Waals surface area contributed by atoms with Crippen LogP contribution in [0.5, 0.6) is 0 Å². The van der Waals surface area contributed by atoms with Gasteiger partial charge in [0.2, 0.25) is 5.91 Å². The van der Waals surface area contributed by atoms with Gasteiger partial charge in [-0.05, 0) is 29.8 Å². The van der Waals surface area contributed by atoms with Crippen molar-refractivity contribution in [2.24, 2.45) is 7.05 Å². The lowest BCUT2D eigenvalue weighted by atomic mass is 10.2. The Morgan fingerprint density at radius 2 is 2.15 bits per heavy atom. The van der Waals surface area contributed by atoms with Gasteiger partial charge in [-0.1, -0.05) is 0 Å². The average Bonchev–Trinajstić information content (AvgIpc) is 2.88. The molecule has 5 heteroatoms. The lowest BCUT2D eigenvalue weighted by Gasteiger charge is -2.35. The van der Waals surface area contributed by atoms with Crippen LogP contribution in [-0.4, -0.2) is 26.1 Å². The van der Waals surface area contributed by atoms with Gasteiger partial charge in [-0.2, -0.15) is 0 Å². The number of amides is 1. The normalized spacial score (nSPS) is 19.4. The van der Waals surface area contributed by atoms with Crippen molar-refractivity contribution in [3.8, 4) is 0 Å². The maximum absolute atomic E-state index is 12.3. The zero-order chi connectivity index (χ0) is 13.9. The molecule has 3 heterocycles. The van der Waals surface area contributed by atoms with Gasteiger partial charge in [0.1, 0.15) is 5.37 Å². The molecule has 1 fully saturated rings. The zero-order valence-electron chi connectivity index (χ0n) is 11.4. The number of thioether (sulfide) groups is 1. The van der Waals surface area contributed by atoms with Crippen LogP contribution in [-0.2, 0) is 18.4 Å². The van der Waals surface area contributed by atoms with Crippen LogP contribution in [0.1, 0.15) is 23.1 Å². The molecule has 1 atom stereocenters. The number of rotatable bonds is 3. The van der Waals surface area contributed by atoms with E-state index in [4.69, 9.17) is 0 Å². The lowest BCUT2D eigenvalue weighted by Crippen LogP contribution is -2.37. The van der Waals surface area contributed by atoms with Crippen LogP contribution in [0.25, 0.3) is 0 Å². The van der Waals surface area contributed by atoms with Gasteiger partial charge in [0.25, 0.3) is 0 Å². The van der Waals surface area contributed by atoms with E-state index < -0.39 is 0 Å². The van der Waals surface area contributed by atoms with E-state index in [0.717, 1.165) is 11.3 Å². The number of aromatic nitrogens is 2. The summed E-state index contributed by atoms with van der Waals surface area (Å²) in [6, 6.07) is 8.05. The summed E-state index contributed by atoms with van der Waals surface area (Å²) < 4.78 is 2.09. The van der Waals surface area contributed by atoms with Crippen molar-refractivity contribution in [2.45, 2.75) is 18.3 Å². The summed E-state index contributed by atoms with van der Waals surface area (Å²) in [7, 11) is 2.03. The molecule has 1 aliphatic rings. The summed E-state index contributed by atoms with van der Waals surface area (Å²) >= 11 is 1.83. The quantitative estimate of drug-likeness (QED) is 0.871. The fraction of sp³-hybridized carbons (Fsp3) is 0.333. The highest BCUT2D eigenvalue weighted by Crippen LogP contribution is 2.38. The summed E-state index contributed by atoms with van der Waals surface area (Å²) in [5.41, 5.74) is 2.30. The third-order valence-corrected chi connectivity index (χ3v) is 4.79. The maximum Gasteiger partial charge on any atom is 0.224 e. The smallest absolute Gasteiger partial charge is 0.224 e. The number of pyridine rings is 1. The standard InChI is InChI=1S/C15H17N3OS/c1-17-9-2-3-13(17)15-18(14(19)6-10-20-15)11-12-4-7-16-8-5-12/h2-5,7-9,15H,6,10-11H2,1H3. The highest BCUT2D eigenvalue weighted by atomic mass is 32.2. The van der Waals surface area contributed by atoms with Gasteiger partial charge >= 0.3 is 0 Å². The van der Waals surface area contributed by atoms with Crippen LogP contribution < -0.4 is 0 Å². The van der Waals surface area contributed by atoms with E-state index in [-0.39, 0.29) is 11.3 Å². The van der Waals surface area contributed by atoms with E-state index >= 15 is 0 Å². The second-order valence-electron chi connectivity index (χ2n) is 4.89. The molecule has 4 nitrogen and oxygen atoms in total. The molecule has 3 rings (SSSR count). The second kappa shape index (κ2) is 5.71. The number of carbonyl (C=O) groups excluding carboxylic acids is 1. The third-order valence-electron chi connectivity index (χ3n) is 3.53. The average molecular weight is 287 g/mol. The first-order chi connectivity index (χ1) is 9.75. The van der Waals surface area contributed by atoms with Crippen LogP contribution in [0.2, 0.25) is 0 Å². The molecule has 0 aliphatic carbocycles. The van der Waals surface area contributed by atoms with Crippen molar-refractivity contribution in [2.75, 3.05) is 5.75 Å². The van der Waals surface area contributed by atoms with E-state index in [1.807, 2.05) is 48.1 Å². The molecule has 1 saturated heterocycles. The summed E-state index contributed by atoms with van der Waals surface area (Å²) in [5.74, 6) is 1.12. The van der Waals surface area contributed by atoms with Crippen LogP contribution in [0.4, 0.5) is 0 Å². The molecule has 0 radical (unpaired) electrons. The van der Waals surface area contributed by atoms with E-state index in [2.05, 4.69) is 15.6 Å². The Bertz CT molecular complexity index is 596. The molecule has 1 amide bonds. The second-order valence-corrected chi connectivity index (χ2v) is 6.08. The number of aryl methyl sites for hydroxylation is 1.